The van der Waals surface area contributed by atoms with Gasteiger partial charge in [-0.3, -0.25) is 4.79 Å². The topological polar surface area (TPSA) is 83.5 Å². The van der Waals surface area contributed by atoms with Gasteiger partial charge in [0.05, 0.1) is 5.75 Å². The highest BCUT2D eigenvalue weighted by Gasteiger charge is 2.24. The normalized spacial score (nSPS) is 13.6. The van der Waals surface area contributed by atoms with E-state index in [1.165, 1.54) is 11.3 Å². The summed E-state index contributed by atoms with van der Waals surface area (Å²) in [5.74, 6) is -1.11. The lowest BCUT2D eigenvalue weighted by Gasteiger charge is -2.16. The lowest BCUT2D eigenvalue weighted by molar-refractivity contribution is -0.139. The van der Waals surface area contributed by atoms with Crippen LogP contribution in [0.25, 0.3) is 0 Å². The van der Waals surface area contributed by atoms with Gasteiger partial charge in [0.1, 0.15) is 6.04 Å². The fourth-order valence-electron chi connectivity index (χ4n) is 1.64. The van der Waals surface area contributed by atoms with E-state index < -0.39 is 22.0 Å². The number of rotatable bonds is 8. The second-order valence-corrected chi connectivity index (χ2v) is 7.69. The summed E-state index contributed by atoms with van der Waals surface area (Å²) in [4.78, 5) is 12.0. The summed E-state index contributed by atoms with van der Waals surface area (Å²) in [6.07, 6.45) is 0.689. The van der Waals surface area contributed by atoms with Crippen molar-refractivity contribution in [2.45, 2.75) is 32.7 Å². The van der Waals surface area contributed by atoms with Gasteiger partial charge in [0.2, 0.25) is 10.0 Å². The SMILES string of the molecule is CC(C)CC(NS(=O)(=O)CCc1cccs1)C(=O)O. The summed E-state index contributed by atoms with van der Waals surface area (Å²) >= 11 is 1.49. The number of carbonyl (C=O) groups is 1. The molecule has 0 aliphatic heterocycles. The smallest absolute Gasteiger partial charge is 0.321 e. The second-order valence-electron chi connectivity index (χ2n) is 4.79. The van der Waals surface area contributed by atoms with Crippen molar-refractivity contribution in [3.63, 3.8) is 0 Å². The zero-order valence-corrected chi connectivity index (χ0v) is 12.6. The lowest BCUT2D eigenvalue weighted by Crippen LogP contribution is -2.42. The summed E-state index contributed by atoms with van der Waals surface area (Å²) in [5, 5.41) is 10.9. The van der Waals surface area contributed by atoms with Crippen molar-refractivity contribution in [3.8, 4) is 0 Å². The molecule has 1 rings (SSSR count). The molecular formula is C12H19NO4S2. The van der Waals surface area contributed by atoms with Gasteiger partial charge in [-0.05, 0) is 30.2 Å². The summed E-state index contributed by atoms with van der Waals surface area (Å²) < 4.78 is 26.0. The average Bonchev–Trinajstić information content (AvgIpc) is 2.77. The first kappa shape index (κ1) is 16.1. The van der Waals surface area contributed by atoms with Crippen LogP contribution in [0.4, 0.5) is 0 Å². The van der Waals surface area contributed by atoms with Crippen LogP contribution in [0.3, 0.4) is 0 Å². The summed E-state index contributed by atoms with van der Waals surface area (Å²) in [6.45, 7) is 3.71. The van der Waals surface area contributed by atoms with Crippen molar-refractivity contribution in [2.75, 3.05) is 5.75 Å². The van der Waals surface area contributed by atoms with E-state index in [2.05, 4.69) is 4.72 Å². The van der Waals surface area contributed by atoms with Gasteiger partial charge in [-0.15, -0.1) is 11.3 Å². The molecule has 1 heterocycles. The van der Waals surface area contributed by atoms with Gasteiger partial charge in [-0.1, -0.05) is 19.9 Å². The third-order valence-corrected chi connectivity index (χ3v) is 4.85. The highest BCUT2D eigenvalue weighted by molar-refractivity contribution is 7.89. The van der Waals surface area contributed by atoms with E-state index in [1.54, 1.807) is 0 Å². The van der Waals surface area contributed by atoms with Crippen LogP contribution in [0.2, 0.25) is 0 Å². The van der Waals surface area contributed by atoms with Crippen molar-refractivity contribution < 1.29 is 18.3 Å². The molecule has 0 aromatic carbocycles. The van der Waals surface area contributed by atoms with E-state index in [0.717, 1.165) is 4.88 Å². The van der Waals surface area contributed by atoms with Gasteiger partial charge in [0.25, 0.3) is 0 Å². The largest absolute Gasteiger partial charge is 0.480 e. The van der Waals surface area contributed by atoms with E-state index in [9.17, 15) is 13.2 Å². The molecule has 0 bridgehead atoms. The second kappa shape index (κ2) is 7.02. The molecule has 1 unspecified atom stereocenters. The van der Waals surface area contributed by atoms with Crippen LogP contribution < -0.4 is 4.72 Å². The van der Waals surface area contributed by atoms with Crippen molar-refractivity contribution in [3.05, 3.63) is 22.4 Å². The van der Waals surface area contributed by atoms with Crippen LogP contribution in [0, 0.1) is 5.92 Å². The Bertz CT molecular complexity index is 494. The third-order valence-electron chi connectivity index (χ3n) is 2.52. The molecule has 19 heavy (non-hydrogen) atoms. The molecule has 0 fully saturated rings. The molecule has 1 aromatic heterocycles. The number of hydrogen-bond acceptors (Lipinski definition) is 4. The van der Waals surface area contributed by atoms with Crippen molar-refractivity contribution >= 4 is 27.3 Å². The van der Waals surface area contributed by atoms with Crippen LogP contribution in [-0.4, -0.2) is 31.3 Å². The highest BCUT2D eigenvalue weighted by Crippen LogP contribution is 2.11. The Kier molecular flexibility index (Phi) is 5.96. The van der Waals surface area contributed by atoms with E-state index in [1.807, 2.05) is 31.4 Å². The number of aryl methyl sites for hydroxylation is 1. The number of nitrogens with one attached hydrogen (secondary N) is 1. The molecule has 5 nitrogen and oxygen atoms in total. The van der Waals surface area contributed by atoms with Crippen LogP contribution in [0.5, 0.6) is 0 Å². The van der Waals surface area contributed by atoms with Gasteiger partial charge in [0, 0.05) is 4.88 Å². The van der Waals surface area contributed by atoms with E-state index in [-0.39, 0.29) is 18.1 Å². The van der Waals surface area contributed by atoms with Gasteiger partial charge >= 0.3 is 5.97 Å². The molecule has 0 aliphatic rings. The molecule has 0 saturated heterocycles. The minimum atomic E-state index is -3.57. The molecule has 0 spiro atoms. The number of sulfonamides is 1. The summed E-state index contributed by atoms with van der Waals surface area (Å²) in [5.41, 5.74) is 0. The Labute approximate surface area is 117 Å². The van der Waals surface area contributed by atoms with Crippen LogP contribution in [-0.2, 0) is 21.2 Å². The molecule has 1 atom stereocenters. The molecule has 1 aromatic rings. The number of thiophene rings is 1. The maximum atomic E-state index is 11.9. The zero-order valence-electron chi connectivity index (χ0n) is 11.0. The summed E-state index contributed by atoms with van der Waals surface area (Å²) in [7, 11) is -3.57. The van der Waals surface area contributed by atoms with Crippen molar-refractivity contribution in [2.24, 2.45) is 5.92 Å². The van der Waals surface area contributed by atoms with Crippen LogP contribution in [0.1, 0.15) is 25.1 Å². The van der Waals surface area contributed by atoms with Crippen molar-refractivity contribution in [1.29, 1.82) is 0 Å². The standard InChI is InChI=1S/C12H19NO4S2/c1-9(2)8-11(12(14)15)13-19(16,17)7-5-10-4-3-6-18-10/h3-4,6,9,11,13H,5,7-8H2,1-2H3,(H,14,15). The molecule has 0 saturated carbocycles. The first-order valence-corrected chi connectivity index (χ1v) is 8.58. The van der Waals surface area contributed by atoms with Crippen molar-refractivity contribution in [1.82, 2.24) is 4.72 Å². The minimum absolute atomic E-state index is 0.0879. The molecule has 7 heteroatoms. The monoisotopic (exact) mass is 305 g/mol. The van der Waals surface area contributed by atoms with Gasteiger partial charge in [-0.2, -0.15) is 0 Å². The van der Waals surface area contributed by atoms with E-state index >= 15 is 0 Å². The van der Waals surface area contributed by atoms with Gasteiger partial charge in [0.15, 0.2) is 0 Å². The molecule has 0 radical (unpaired) electrons. The predicted molar refractivity (Wildman–Crippen MR) is 75.8 cm³/mol. The number of hydrogen-bond donors (Lipinski definition) is 2. The van der Waals surface area contributed by atoms with E-state index in [0.29, 0.717) is 6.42 Å². The number of aliphatic carboxylic acids is 1. The molecule has 108 valence electrons. The average molecular weight is 305 g/mol. The Hall–Kier alpha value is -0.920. The molecule has 0 aliphatic carbocycles. The van der Waals surface area contributed by atoms with Crippen LogP contribution in [0.15, 0.2) is 17.5 Å². The summed E-state index contributed by atoms with van der Waals surface area (Å²) in [6, 6.07) is 2.68. The first-order valence-electron chi connectivity index (χ1n) is 6.05. The maximum Gasteiger partial charge on any atom is 0.321 e. The fourth-order valence-corrected chi connectivity index (χ4v) is 3.71. The van der Waals surface area contributed by atoms with E-state index in [4.69, 9.17) is 5.11 Å². The predicted octanol–water partition coefficient (Wildman–Crippen LogP) is 1.71. The molecular weight excluding hydrogens is 286 g/mol. The highest BCUT2D eigenvalue weighted by atomic mass is 32.2. The minimum Gasteiger partial charge on any atom is -0.480 e. The number of carboxylic acid groups (broad SMARTS) is 1. The van der Waals surface area contributed by atoms with Crippen LogP contribution >= 0.6 is 11.3 Å². The first-order chi connectivity index (χ1) is 8.80. The molecule has 2 N–H and O–H groups in total. The number of carboxylic acids is 1. The Balaban J connectivity index is 2.58. The Morgan fingerprint density at radius 2 is 2.16 bits per heavy atom. The maximum absolute atomic E-state index is 11.9. The fraction of sp³-hybridized carbons (Fsp3) is 0.583. The van der Waals surface area contributed by atoms with Gasteiger partial charge in [-0.25, -0.2) is 13.1 Å². The quantitative estimate of drug-likeness (QED) is 0.766. The lowest BCUT2D eigenvalue weighted by atomic mass is 10.1. The third kappa shape index (κ3) is 6.17. The molecule has 0 amide bonds. The Morgan fingerprint density at radius 3 is 2.63 bits per heavy atom. The van der Waals surface area contributed by atoms with Gasteiger partial charge < -0.3 is 5.11 Å². The zero-order chi connectivity index (χ0) is 14.5. The Morgan fingerprint density at radius 1 is 1.47 bits per heavy atom.